The molecule has 1 aromatic rings. The fraction of sp³-hybridized carbons (Fsp3) is 0.688. The molecule has 1 heterocycles. The first kappa shape index (κ1) is 17.4. The fourth-order valence-corrected chi connectivity index (χ4v) is 2.00. The summed E-state index contributed by atoms with van der Waals surface area (Å²) in [6.07, 6.45) is 3.86. The molecule has 0 spiro atoms. The average molecular weight is 294 g/mol. The Kier molecular flexibility index (Phi) is 6.12. The molecule has 0 bridgehead atoms. The summed E-state index contributed by atoms with van der Waals surface area (Å²) < 4.78 is 6.71. The van der Waals surface area contributed by atoms with Crippen LogP contribution >= 0.6 is 0 Å². The number of aryl methyl sites for hydroxylation is 1. The van der Waals surface area contributed by atoms with Gasteiger partial charge in [-0.15, -0.1) is 0 Å². The number of carbonyl (C=O) groups excluding carboxylic acids is 2. The van der Waals surface area contributed by atoms with E-state index in [1.807, 2.05) is 27.7 Å². The van der Waals surface area contributed by atoms with Crippen molar-refractivity contribution in [1.29, 1.82) is 0 Å². The zero-order valence-corrected chi connectivity index (χ0v) is 13.7. The maximum absolute atomic E-state index is 12.3. The summed E-state index contributed by atoms with van der Waals surface area (Å²) in [7, 11) is 1.80. The summed E-state index contributed by atoms with van der Waals surface area (Å²) in [6.45, 7) is 8.53. The number of hydrogen-bond acceptors (Lipinski definition) is 4. The summed E-state index contributed by atoms with van der Waals surface area (Å²) in [5, 5.41) is 4.37. The number of nitrogens with zero attached hydrogens (tertiary/aromatic N) is 2. The van der Waals surface area contributed by atoms with E-state index in [1.165, 1.54) is 0 Å². The van der Waals surface area contributed by atoms with Gasteiger partial charge in [0.05, 0.1) is 24.3 Å². The van der Waals surface area contributed by atoms with E-state index >= 15 is 0 Å². The van der Waals surface area contributed by atoms with Crippen molar-refractivity contribution in [3.05, 3.63) is 17.5 Å². The maximum atomic E-state index is 12.3. The third-order valence-electron chi connectivity index (χ3n) is 3.16. The number of esters is 1. The van der Waals surface area contributed by atoms with Crippen LogP contribution in [0.3, 0.4) is 0 Å². The lowest BCUT2D eigenvalue weighted by Gasteiger charge is -2.16. The first-order chi connectivity index (χ1) is 9.75. The van der Waals surface area contributed by atoms with Gasteiger partial charge in [0.2, 0.25) is 0 Å². The first-order valence-corrected chi connectivity index (χ1v) is 7.48. The highest BCUT2D eigenvalue weighted by molar-refractivity contribution is 5.98. The predicted octanol–water partition coefficient (Wildman–Crippen LogP) is 3.02. The molecule has 0 aliphatic rings. The van der Waals surface area contributed by atoms with Crippen LogP contribution in [0, 0.1) is 0 Å². The quantitative estimate of drug-likeness (QED) is 0.440. The van der Waals surface area contributed by atoms with Gasteiger partial charge in [-0.3, -0.25) is 14.3 Å². The van der Waals surface area contributed by atoms with Crippen LogP contribution in [0.15, 0.2) is 6.20 Å². The first-order valence-electron chi connectivity index (χ1n) is 7.48. The molecule has 5 heteroatoms. The minimum Gasteiger partial charge on any atom is -0.466 e. The minimum atomic E-state index is -0.307. The van der Waals surface area contributed by atoms with Crippen LogP contribution in [-0.4, -0.2) is 28.1 Å². The van der Waals surface area contributed by atoms with E-state index in [0.717, 1.165) is 18.5 Å². The molecule has 0 aliphatic carbocycles. The number of aromatic nitrogens is 2. The molecular weight excluding hydrogens is 268 g/mol. The molecule has 0 unspecified atom stereocenters. The number of hydrogen-bond donors (Lipinski definition) is 0. The van der Waals surface area contributed by atoms with Crippen molar-refractivity contribution in [3.63, 3.8) is 0 Å². The van der Waals surface area contributed by atoms with E-state index in [1.54, 1.807) is 17.9 Å². The topological polar surface area (TPSA) is 61.2 Å². The van der Waals surface area contributed by atoms with Crippen LogP contribution in [0.4, 0.5) is 0 Å². The van der Waals surface area contributed by atoms with Crippen LogP contribution in [0.5, 0.6) is 0 Å². The van der Waals surface area contributed by atoms with Crippen LogP contribution in [0.1, 0.15) is 69.4 Å². The SMILES string of the molecule is CCCCOC(=O)CCC(=O)c1cn(C)nc1C(C)(C)C. The van der Waals surface area contributed by atoms with Gasteiger partial charge in [0.25, 0.3) is 0 Å². The van der Waals surface area contributed by atoms with Crippen LogP contribution in [0.2, 0.25) is 0 Å². The predicted molar refractivity (Wildman–Crippen MR) is 81.3 cm³/mol. The summed E-state index contributed by atoms with van der Waals surface area (Å²) >= 11 is 0. The Morgan fingerprint density at radius 1 is 1.29 bits per heavy atom. The van der Waals surface area contributed by atoms with Gasteiger partial charge in [-0.25, -0.2) is 0 Å². The number of ketones is 1. The number of rotatable bonds is 7. The molecule has 0 saturated carbocycles. The normalized spacial score (nSPS) is 11.5. The average Bonchev–Trinajstić information content (AvgIpc) is 2.78. The highest BCUT2D eigenvalue weighted by Crippen LogP contribution is 2.25. The zero-order chi connectivity index (χ0) is 16.0. The Labute approximate surface area is 126 Å². The Hall–Kier alpha value is -1.65. The van der Waals surface area contributed by atoms with Crippen LogP contribution in [-0.2, 0) is 22.0 Å². The summed E-state index contributed by atoms with van der Waals surface area (Å²) in [6, 6.07) is 0. The Morgan fingerprint density at radius 2 is 1.95 bits per heavy atom. The molecule has 0 atom stereocenters. The molecule has 0 saturated heterocycles. The van der Waals surface area contributed by atoms with E-state index in [0.29, 0.717) is 12.2 Å². The van der Waals surface area contributed by atoms with Crippen molar-refractivity contribution in [2.45, 2.75) is 58.8 Å². The van der Waals surface area contributed by atoms with Gasteiger partial charge in [-0.1, -0.05) is 34.1 Å². The summed E-state index contributed by atoms with van der Waals surface area (Å²) in [5.74, 6) is -0.363. The van der Waals surface area contributed by atoms with Gasteiger partial charge in [-0.05, 0) is 6.42 Å². The smallest absolute Gasteiger partial charge is 0.306 e. The van der Waals surface area contributed by atoms with Crippen LogP contribution in [0.25, 0.3) is 0 Å². The molecule has 0 radical (unpaired) electrons. The Balaban J connectivity index is 2.62. The van der Waals surface area contributed by atoms with Crippen LogP contribution < -0.4 is 0 Å². The van der Waals surface area contributed by atoms with Gasteiger partial charge >= 0.3 is 5.97 Å². The number of Topliss-reactive ketones (excluding diaryl/α,β-unsaturated/α-hetero) is 1. The molecule has 118 valence electrons. The third kappa shape index (κ3) is 5.33. The highest BCUT2D eigenvalue weighted by Gasteiger charge is 2.25. The van der Waals surface area contributed by atoms with Crippen molar-refractivity contribution in [1.82, 2.24) is 9.78 Å². The molecule has 1 aromatic heterocycles. The number of ether oxygens (including phenoxy) is 1. The van der Waals surface area contributed by atoms with Crippen molar-refractivity contribution < 1.29 is 14.3 Å². The molecule has 0 N–H and O–H groups in total. The van der Waals surface area contributed by atoms with E-state index in [-0.39, 0.29) is 30.0 Å². The summed E-state index contributed by atoms with van der Waals surface area (Å²) in [5.41, 5.74) is 1.18. The monoisotopic (exact) mass is 294 g/mol. The van der Waals surface area contributed by atoms with Crippen molar-refractivity contribution in [2.75, 3.05) is 6.61 Å². The molecule has 0 amide bonds. The van der Waals surface area contributed by atoms with Crippen molar-refractivity contribution >= 4 is 11.8 Å². The van der Waals surface area contributed by atoms with Gasteiger partial charge < -0.3 is 4.74 Å². The number of unbranched alkanes of at least 4 members (excludes halogenated alkanes) is 1. The van der Waals surface area contributed by atoms with Gasteiger partial charge in [0.1, 0.15) is 0 Å². The Bertz CT molecular complexity index is 498. The van der Waals surface area contributed by atoms with Gasteiger partial charge in [0, 0.05) is 25.1 Å². The van der Waals surface area contributed by atoms with E-state index < -0.39 is 0 Å². The molecular formula is C16H26N2O3. The Morgan fingerprint density at radius 3 is 2.52 bits per heavy atom. The number of carbonyl (C=O) groups is 2. The van der Waals surface area contributed by atoms with Crippen molar-refractivity contribution in [2.24, 2.45) is 7.05 Å². The molecule has 0 fully saturated rings. The minimum absolute atomic E-state index is 0.0551. The lowest BCUT2D eigenvalue weighted by Crippen LogP contribution is -2.17. The standard InChI is InChI=1S/C16H26N2O3/c1-6-7-10-21-14(20)9-8-13(19)12-11-18(5)17-15(12)16(2,3)4/h11H,6-10H2,1-5H3. The van der Waals surface area contributed by atoms with E-state index in [2.05, 4.69) is 5.10 Å². The lowest BCUT2D eigenvalue weighted by molar-refractivity contribution is -0.143. The summed E-state index contributed by atoms with van der Waals surface area (Å²) in [4.78, 5) is 23.8. The highest BCUT2D eigenvalue weighted by atomic mass is 16.5. The second-order valence-corrected chi connectivity index (χ2v) is 6.31. The van der Waals surface area contributed by atoms with Gasteiger partial charge in [-0.2, -0.15) is 5.10 Å². The second-order valence-electron chi connectivity index (χ2n) is 6.31. The molecule has 5 nitrogen and oxygen atoms in total. The fourth-order valence-electron chi connectivity index (χ4n) is 2.00. The van der Waals surface area contributed by atoms with E-state index in [9.17, 15) is 9.59 Å². The molecule has 0 aromatic carbocycles. The zero-order valence-electron chi connectivity index (χ0n) is 13.7. The molecule has 21 heavy (non-hydrogen) atoms. The molecule has 0 aliphatic heterocycles. The second kappa shape index (κ2) is 7.38. The largest absolute Gasteiger partial charge is 0.466 e. The lowest BCUT2D eigenvalue weighted by atomic mass is 9.88. The van der Waals surface area contributed by atoms with E-state index in [4.69, 9.17) is 4.74 Å². The van der Waals surface area contributed by atoms with Gasteiger partial charge in [0.15, 0.2) is 5.78 Å². The third-order valence-corrected chi connectivity index (χ3v) is 3.16. The van der Waals surface area contributed by atoms with Crippen molar-refractivity contribution in [3.8, 4) is 0 Å². The molecule has 1 rings (SSSR count). The maximum Gasteiger partial charge on any atom is 0.306 e.